The highest BCUT2D eigenvalue weighted by molar-refractivity contribution is 5.49. The number of anilines is 2. The van der Waals surface area contributed by atoms with Gasteiger partial charge in [-0.05, 0) is 25.2 Å². The van der Waals surface area contributed by atoms with E-state index in [1.54, 1.807) is 23.4 Å². The van der Waals surface area contributed by atoms with Crippen molar-refractivity contribution in [2.45, 2.75) is 31.4 Å². The number of nitrogens with one attached hydrogen (secondary N) is 1. The zero-order valence-corrected chi connectivity index (χ0v) is 13.0. The summed E-state index contributed by atoms with van der Waals surface area (Å²) < 4.78 is 1.67. The Morgan fingerprint density at radius 1 is 1.35 bits per heavy atom. The zero-order chi connectivity index (χ0) is 15.7. The van der Waals surface area contributed by atoms with Crippen molar-refractivity contribution in [1.82, 2.24) is 25.0 Å². The van der Waals surface area contributed by atoms with Crippen LogP contribution in [0.25, 0.3) is 0 Å². The molecule has 0 bridgehead atoms. The average molecular weight is 315 g/mol. The summed E-state index contributed by atoms with van der Waals surface area (Å²) in [5, 5.41) is 21.8. The predicted molar refractivity (Wildman–Crippen MR) is 85.0 cm³/mol. The first-order chi connectivity index (χ1) is 11.2. The van der Waals surface area contributed by atoms with Crippen molar-refractivity contribution in [3.8, 4) is 0 Å². The van der Waals surface area contributed by atoms with Gasteiger partial charge in [-0.3, -0.25) is 0 Å². The molecule has 1 atom stereocenters. The molecule has 3 heterocycles. The van der Waals surface area contributed by atoms with Gasteiger partial charge in [0.05, 0.1) is 12.7 Å². The Morgan fingerprint density at radius 3 is 3.04 bits per heavy atom. The Kier molecular flexibility index (Phi) is 3.60. The molecule has 4 rings (SSSR count). The summed E-state index contributed by atoms with van der Waals surface area (Å²) in [6.07, 6.45) is 8.28. The zero-order valence-electron chi connectivity index (χ0n) is 13.0. The Labute approximate surface area is 134 Å². The fraction of sp³-hybridized carbons (Fsp3) is 0.600. The van der Waals surface area contributed by atoms with Crippen molar-refractivity contribution in [3.63, 3.8) is 0 Å². The minimum atomic E-state index is -0.805. The molecule has 1 saturated heterocycles. The second kappa shape index (κ2) is 5.77. The predicted octanol–water partition coefficient (Wildman–Crippen LogP) is 0.531. The van der Waals surface area contributed by atoms with Gasteiger partial charge in [-0.15, -0.1) is 5.10 Å². The molecule has 2 aromatic rings. The maximum Gasteiger partial charge on any atom is 0.134 e. The summed E-state index contributed by atoms with van der Waals surface area (Å²) >= 11 is 0. The summed E-state index contributed by atoms with van der Waals surface area (Å²) in [7, 11) is 0. The van der Waals surface area contributed by atoms with Crippen LogP contribution in [0.3, 0.4) is 0 Å². The van der Waals surface area contributed by atoms with Crippen LogP contribution in [0.4, 0.5) is 11.6 Å². The highest BCUT2D eigenvalue weighted by atomic mass is 16.3. The van der Waals surface area contributed by atoms with Crippen molar-refractivity contribution in [2.24, 2.45) is 5.92 Å². The lowest BCUT2D eigenvalue weighted by Gasteiger charge is -2.23. The first kappa shape index (κ1) is 14.4. The van der Waals surface area contributed by atoms with Gasteiger partial charge in [0, 0.05) is 31.9 Å². The number of aliphatic hydroxyl groups is 1. The van der Waals surface area contributed by atoms with Crippen molar-refractivity contribution >= 4 is 11.6 Å². The number of hydrogen-bond acceptors (Lipinski definition) is 7. The van der Waals surface area contributed by atoms with Crippen LogP contribution >= 0.6 is 0 Å². The fourth-order valence-electron chi connectivity index (χ4n) is 2.99. The number of hydrogen-bond donors (Lipinski definition) is 2. The summed E-state index contributed by atoms with van der Waals surface area (Å²) in [6.45, 7) is 2.73. The van der Waals surface area contributed by atoms with Crippen LogP contribution in [-0.2, 0) is 6.54 Å². The van der Waals surface area contributed by atoms with Crippen molar-refractivity contribution < 1.29 is 5.11 Å². The minimum Gasteiger partial charge on any atom is -0.386 e. The molecule has 0 aromatic carbocycles. The van der Waals surface area contributed by atoms with Gasteiger partial charge >= 0.3 is 0 Å². The molecule has 23 heavy (non-hydrogen) atoms. The number of nitrogens with zero attached hydrogens (tertiary/aromatic N) is 6. The summed E-state index contributed by atoms with van der Waals surface area (Å²) in [6, 6.07) is 1.96. The summed E-state index contributed by atoms with van der Waals surface area (Å²) in [5.41, 5.74) is -0.805. The number of aromatic nitrogens is 5. The summed E-state index contributed by atoms with van der Waals surface area (Å²) in [4.78, 5) is 10.7. The van der Waals surface area contributed by atoms with Gasteiger partial charge in [0.15, 0.2) is 0 Å². The molecule has 1 saturated carbocycles. The normalized spacial score (nSPS) is 24.1. The van der Waals surface area contributed by atoms with Gasteiger partial charge < -0.3 is 15.3 Å². The van der Waals surface area contributed by atoms with Crippen LogP contribution in [0.1, 0.15) is 19.3 Å². The highest BCUT2D eigenvalue weighted by Crippen LogP contribution is 2.30. The van der Waals surface area contributed by atoms with Crippen LogP contribution in [-0.4, -0.2) is 55.3 Å². The van der Waals surface area contributed by atoms with E-state index in [1.807, 2.05) is 6.07 Å². The van der Waals surface area contributed by atoms with Crippen LogP contribution in [0, 0.1) is 5.92 Å². The second-order valence-electron chi connectivity index (χ2n) is 6.58. The van der Waals surface area contributed by atoms with Gasteiger partial charge in [0.25, 0.3) is 0 Å². The minimum absolute atomic E-state index is 0.446. The molecule has 8 nitrogen and oxygen atoms in total. The Morgan fingerprint density at radius 2 is 2.26 bits per heavy atom. The molecule has 8 heteroatoms. The molecule has 1 aliphatic carbocycles. The molecule has 0 spiro atoms. The topological polar surface area (TPSA) is 92.0 Å². The Hall–Kier alpha value is -2.22. The lowest BCUT2D eigenvalue weighted by Crippen LogP contribution is -2.38. The van der Waals surface area contributed by atoms with E-state index in [2.05, 4.69) is 30.5 Å². The van der Waals surface area contributed by atoms with E-state index in [1.165, 1.54) is 12.8 Å². The monoisotopic (exact) mass is 315 g/mol. The van der Waals surface area contributed by atoms with Gasteiger partial charge in [0.1, 0.15) is 23.6 Å². The molecule has 2 aromatic heterocycles. The lowest BCUT2D eigenvalue weighted by atomic mass is 10.0. The molecule has 2 fully saturated rings. The smallest absolute Gasteiger partial charge is 0.134 e. The van der Waals surface area contributed by atoms with Gasteiger partial charge in [-0.2, -0.15) is 0 Å². The van der Waals surface area contributed by atoms with Crippen LogP contribution in [0.15, 0.2) is 24.8 Å². The SMILES string of the molecule is OC1(Cn2ccnn2)CCN(c2cc(NCC3CC3)ncn2)C1. The molecular formula is C15H21N7O. The molecule has 122 valence electrons. The first-order valence-electron chi connectivity index (χ1n) is 8.08. The molecule has 0 radical (unpaired) electrons. The van der Waals surface area contributed by atoms with E-state index in [0.717, 1.165) is 30.6 Å². The molecule has 0 amide bonds. The molecular weight excluding hydrogens is 294 g/mol. The molecule has 1 aliphatic heterocycles. The van der Waals surface area contributed by atoms with Crippen LogP contribution < -0.4 is 10.2 Å². The number of rotatable bonds is 6. The average Bonchev–Trinajstić information content (AvgIpc) is 3.11. The standard InChI is InChI=1S/C15H21N7O/c23-15(10-22-6-4-19-20-22)3-5-21(9-15)14-7-13(17-11-18-14)16-8-12-1-2-12/h4,6-7,11-12,23H,1-3,5,8-10H2,(H,16,17,18). The third-order valence-corrected chi connectivity index (χ3v) is 4.51. The van der Waals surface area contributed by atoms with Crippen LogP contribution in [0.5, 0.6) is 0 Å². The van der Waals surface area contributed by atoms with E-state index in [-0.39, 0.29) is 0 Å². The maximum absolute atomic E-state index is 10.8. The third-order valence-electron chi connectivity index (χ3n) is 4.51. The van der Waals surface area contributed by atoms with E-state index < -0.39 is 5.60 Å². The van der Waals surface area contributed by atoms with Crippen LogP contribution in [0.2, 0.25) is 0 Å². The lowest BCUT2D eigenvalue weighted by molar-refractivity contribution is 0.0408. The summed E-state index contributed by atoms with van der Waals surface area (Å²) in [5.74, 6) is 2.51. The maximum atomic E-state index is 10.8. The van der Waals surface area contributed by atoms with Gasteiger partial charge in [0.2, 0.25) is 0 Å². The highest BCUT2D eigenvalue weighted by Gasteiger charge is 2.37. The number of β-amino-alcohol motifs (C(OH)–C–C–N with tert-alkyl or cyclic N) is 1. The van der Waals surface area contributed by atoms with E-state index in [0.29, 0.717) is 19.5 Å². The van der Waals surface area contributed by atoms with Crippen molar-refractivity contribution in [3.05, 3.63) is 24.8 Å². The molecule has 1 unspecified atom stereocenters. The Balaban J connectivity index is 1.41. The second-order valence-corrected chi connectivity index (χ2v) is 6.58. The molecule has 2 aliphatic rings. The molecule has 2 N–H and O–H groups in total. The third kappa shape index (κ3) is 3.42. The van der Waals surface area contributed by atoms with Crippen molar-refractivity contribution in [2.75, 3.05) is 29.9 Å². The van der Waals surface area contributed by atoms with E-state index in [4.69, 9.17) is 0 Å². The van der Waals surface area contributed by atoms with Gasteiger partial charge in [-0.1, -0.05) is 5.21 Å². The van der Waals surface area contributed by atoms with E-state index >= 15 is 0 Å². The Bertz CT molecular complexity index is 658. The largest absolute Gasteiger partial charge is 0.386 e. The van der Waals surface area contributed by atoms with Gasteiger partial charge in [-0.25, -0.2) is 14.6 Å². The fourth-order valence-corrected chi connectivity index (χ4v) is 2.99. The first-order valence-corrected chi connectivity index (χ1v) is 8.08. The van der Waals surface area contributed by atoms with E-state index in [9.17, 15) is 5.11 Å². The van der Waals surface area contributed by atoms with Crippen molar-refractivity contribution in [1.29, 1.82) is 0 Å². The quantitative estimate of drug-likeness (QED) is 0.803.